The van der Waals surface area contributed by atoms with Gasteiger partial charge in [-0.05, 0) is 57.8 Å². The van der Waals surface area contributed by atoms with Crippen LogP contribution in [-0.4, -0.2) is 42.2 Å². The number of likely N-dealkylation sites (tertiary alicyclic amines) is 1. The highest BCUT2D eigenvalue weighted by Gasteiger charge is 2.12. The molecular weight excluding hydrogens is 262 g/mol. The largest absolute Gasteiger partial charge is 0.492 e. The predicted molar refractivity (Wildman–Crippen MR) is 86.7 cm³/mol. The van der Waals surface area contributed by atoms with E-state index in [0.717, 1.165) is 49.6 Å². The second-order valence-corrected chi connectivity index (χ2v) is 6.02. The molecule has 0 aliphatic carbocycles. The molecule has 4 nitrogen and oxygen atoms in total. The third-order valence-electron chi connectivity index (χ3n) is 4.13. The molecule has 0 bridgehead atoms. The number of rotatable bonds is 8. The third kappa shape index (κ3) is 5.29. The lowest BCUT2D eigenvalue weighted by Crippen LogP contribution is -2.23. The van der Waals surface area contributed by atoms with Crippen molar-refractivity contribution < 1.29 is 4.74 Å². The van der Waals surface area contributed by atoms with Crippen LogP contribution in [0.5, 0.6) is 5.75 Å². The van der Waals surface area contributed by atoms with E-state index < -0.39 is 0 Å². The fraction of sp³-hybridized carbons (Fsp3) is 0.706. The zero-order valence-electron chi connectivity index (χ0n) is 13.5. The predicted octanol–water partition coefficient (Wildman–Crippen LogP) is 2.53. The van der Waals surface area contributed by atoms with Gasteiger partial charge in [0, 0.05) is 24.7 Å². The fourth-order valence-electron chi connectivity index (χ4n) is 2.74. The molecule has 1 aromatic rings. The van der Waals surface area contributed by atoms with Crippen LogP contribution in [0, 0.1) is 6.92 Å². The van der Waals surface area contributed by atoms with E-state index in [9.17, 15) is 0 Å². The van der Waals surface area contributed by atoms with Crippen molar-refractivity contribution in [2.75, 3.05) is 26.2 Å². The van der Waals surface area contributed by atoms with Crippen LogP contribution in [0.1, 0.15) is 44.0 Å². The smallest absolute Gasteiger partial charge is 0.140 e. The highest BCUT2D eigenvalue weighted by atomic mass is 16.5. The Morgan fingerprint density at radius 2 is 2.10 bits per heavy atom. The van der Waals surface area contributed by atoms with E-state index in [0.29, 0.717) is 0 Å². The average molecular weight is 291 g/mol. The van der Waals surface area contributed by atoms with Gasteiger partial charge in [-0.15, -0.1) is 0 Å². The first-order valence-corrected chi connectivity index (χ1v) is 8.26. The minimum atomic E-state index is 0.159. The van der Waals surface area contributed by atoms with Gasteiger partial charge in [0.05, 0.1) is 12.3 Å². The first kappa shape index (κ1) is 16.2. The van der Waals surface area contributed by atoms with Crippen molar-refractivity contribution in [1.29, 1.82) is 0 Å². The molecule has 1 atom stereocenters. The number of aromatic nitrogens is 1. The molecule has 1 saturated heterocycles. The Labute approximate surface area is 128 Å². The van der Waals surface area contributed by atoms with Crippen LogP contribution >= 0.6 is 0 Å². The zero-order valence-corrected chi connectivity index (χ0v) is 13.5. The Morgan fingerprint density at radius 3 is 2.81 bits per heavy atom. The maximum Gasteiger partial charge on any atom is 0.140 e. The molecule has 0 amide bonds. The van der Waals surface area contributed by atoms with Crippen LogP contribution in [-0.2, 0) is 6.42 Å². The van der Waals surface area contributed by atoms with Crippen molar-refractivity contribution in [2.24, 2.45) is 5.73 Å². The summed E-state index contributed by atoms with van der Waals surface area (Å²) in [5, 5.41) is 0. The number of pyridine rings is 1. The van der Waals surface area contributed by atoms with Gasteiger partial charge in [0.25, 0.3) is 0 Å². The number of aryl methyl sites for hydroxylation is 1. The van der Waals surface area contributed by atoms with E-state index in [1.54, 1.807) is 0 Å². The van der Waals surface area contributed by atoms with Crippen LogP contribution in [0.3, 0.4) is 0 Å². The maximum absolute atomic E-state index is 6.06. The Morgan fingerprint density at radius 1 is 1.33 bits per heavy atom. The van der Waals surface area contributed by atoms with Crippen molar-refractivity contribution >= 4 is 0 Å². The van der Waals surface area contributed by atoms with Gasteiger partial charge in [0.15, 0.2) is 0 Å². The molecule has 118 valence electrons. The summed E-state index contributed by atoms with van der Waals surface area (Å²) < 4.78 is 5.95. The standard InChI is InChI=1S/C17H29N3O/c1-3-15(18)13-16-17(8-7-14(2)19-16)21-12-6-11-20-9-4-5-10-20/h7-8,15H,3-6,9-13,18H2,1-2H3. The Kier molecular flexibility index (Phi) is 6.46. The van der Waals surface area contributed by atoms with Gasteiger partial charge in [0.1, 0.15) is 5.75 Å². The van der Waals surface area contributed by atoms with Gasteiger partial charge in [-0.3, -0.25) is 4.98 Å². The van der Waals surface area contributed by atoms with Crippen LogP contribution in [0.4, 0.5) is 0 Å². The molecular formula is C17H29N3O. The summed E-state index contributed by atoms with van der Waals surface area (Å²) in [5.74, 6) is 0.908. The molecule has 21 heavy (non-hydrogen) atoms. The summed E-state index contributed by atoms with van der Waals surface area (Å²) in [7, 11) is 0. The van der Waals surface area contributed by atoms with E-state index in [1.165, 1.54) is 25.9 Å². The molecule has 1 aliphatic heterocycles. The Hall–Kier alpha value is -1.13. The van der Waals surface area contributed by atoms with Gasteiger partial charge < -0.3 is 15.4 Å². The van der Waals surface area contributed by atoms with Crippen LogP contribution in [0.2, 0.25) is 0 Å². The third-order valence-corrected chi connectivity index (χ3v) is 4.13. The Balaban J connectivity index is 1.83. The summed E-state index contributed by atoms with van der Waals surface area (Å²) in [6.07, 6.45) is 5.53. The summed E-state index contributed by atoms with van der Waals surface area (Å²) in [6, 6.07) is 4.21. The van der Waals surface area contributed by atoms with Crippen molar-refractivity contribution in [3.63, 3.8) is 0 Å². The van der Waals surface area contributed by atoms with Crippen molar-refractivity contribution in [3.8, 4) is 5.75 Å². The molecule has 0 saturated carbocycles. The fourth-order valence-corrected chi connectivity index (χ4v) is 2.74. The minimum absolute atomic E-state index is 0.159. The first-order valence-electron chi connectivity index (χ1n) is 8.26. The number of nitrogens with zero attached hydrogens (tertiary/aromatic N) is 2. The monoisotopic (exact) mass is 291 g/mol. The lowest BCUT2D eigenvalue weighted by molar-refractivity contribution is 0.260. The quantitative estimate of drug-likeness (QED) is 0.748. The number of ether oxygens (including phenoxy) is 1. The van der Waals surface area contributed by atoms with Gasteiger partial charge in [-0.1, -0.05) is 6.92 Å². The summed E-state index contributed by atoms with van der Waals surface area (Å²) in [6.45, 7) is 8.53. The maximum atomic E-state index is 6.06. The summed E-state index contributed by atoms with van der Waals surface area (Å²) in [4.78, 5) is 7.12. The second-order valence-electron chi connectivity index (χ2n) is 6.02. The van der Waals surface area contributed by atoms with Crippen LogP contribution in [0.15, 0.2) is 12.1 Å². The van der Waals surface area contributed by atoms with Gasteiger partial charge in [-0.25, -0.2) is 0 Å². The molecule has 1 aromatic heterocycles. The second kappa shape index (κ2) is 8.35. The zero-order chi connectivity index (χ0) is 15.1. The topological polar surface area (TPSA) is 51.4 Å². The molecule has 2 heterocycles. The average Bonchev–Trinajstić information content (AvgIpc) is 2.98. The van der Waals surface area contributed by atoms with E-state index in [1.807, 2.05) is 19.1 Å². The SMILES string of the molecule is CCC(N)Cc1nc(C)ccc1OCCCN1CCCC1. The van der Waals surface area contributed by atoms with Crippen molar-refractivity contribution in [2.45, 2.75) is 52.0 Å². The van der Waals surface area contributed by atoms with Gasteiger partial charge in [0.2, 0.25) is 0 Å². The molecule has 2 N–H and O–H groups in total. The van der Waals surface area contributed by atoms with E-state index in [2.05, 4.69) is 16.8 Å². The number of nitrogens with two attached hydrogens (primary N) is 1. The van der Waals surface area contributed by atoms with Crippen molar-refractivity contribution in [3.05, 3.63) is 23.5 Å². The molecule has 0 aromatic carbocycles. The number of hydrogen-bond acceptors (Lipinski definition) is 4. The first-order chi connectivity index (χ1) is 10.2. The summed E-state index contributed by atoms with van der Waals surface area (Å²) >= 11 is 0. The highest BCUT2D eigenvalue weighted by Crippen LogP contribution is 2.19. The molecule has 0 spiro atoms. The van der Waals surface area contributed by atoms with E-state index >= 15 is 0 Å². The number of hydrogen-bond donors (Lipinski definition) is 1. The molecule has 0 radical (unpaired) electrons. The highest BCUT2D eigenvalue weighted by molar-refractivity contribution is 5.30. The minimum Gasteiger partial charge on any atom is -0.492 e. The lowest BCUT2D eigenvalue weighted by Gasteiger charge is -2.16. The molecule has 1 aliphatic rings. The van der Waals surface area contributed by atoms with Gasteiger partial charge >= 0.3 is 0 Å². The Bertz CT molecular complexity index is 430. The van der Waals surface area contributed by atoms with E-state index in [4.69, 9.17) is 10.5 Å². The molecule has 1 unspecified atom stereocenters. The summed E-state index contributed by atoms with van der Waals surface area (Å²) in [5.41, 5.74) is 8.09. The van der Waals surface area contributed by atoms with Crippen LogP contribution in [0.25, 0.3) is 0 Å². The van der Waals surface area contributed by atoms with Gasteiger partial charge in [-0.2, -0.15) is 0 Å². The molecule has 2 rings (SSSR count). The molecule has 1 fully saturated rings. The van der Waals surface area contributed by atoms with Crippen LogP contribution < -0.4 is 10.5 Å². The lowest BCUT2D eigenvalue weighted by atomic mass is 10.1. The normalized spacial score (nSPS) is 17.1. The van der Waals surface area contributed by atoms with Crippen molar-refractivity contribution in [1.82, 2.24) is 9.88 Å². The molecule has 4 heteroatoms. The van der Waals surface area contributed by atoms with E-state index in [-0.39, 0.29) is 6.04 Å².